The van der Waals surface area contributed by atoms with Crippen molar-refractivity contribution in [1.82, 2.24) is 5.32 Å². The molecule has 0 saturated carbocycles. The van der Waals surface area contributed by atoms with Gasteiger partial charge < -0.3 is 10.4 Å². The first kappa shape index (κ1) is 9.68. The van der Waals surface area contributed by atoms with E-state index in [1.54, 1.807) is 11.3 Å². The Labute approximate surface area is 86.8 Å². The van der Waals surface area contributed by atoms with E-state index >= 15 is 0 Å². The molecule has 0 saturated heterocycles. The summed E-state index contributed by atoms with van der Waals surface area (Å²) in [5.41, 5.74) is 1.20. The number of aliphatic carboxylic acids is 1. The standard InChI is InChI=1S/C10H13NO2S/c1-6-4-7-8(5-10(12)13)11-3-2-9(7)14-6/h4,8,11H,2-3,5H2,1H3,(H,12,13). The third-order valence-corrected chi connectivity index (χ3v) is 3.59. The summed E-state index contributed by atoms with van der Waals surface area (Å²) in [5, 5.41) is 12.0. The summed E-state index contributed by atoms with van der Waals surface area (Å²) in [4.78, 5) is 13.3. The van der Waals surface area contributed by atoms with Crippen molar-refractivity contribution in [2.75, 3.05) is 6.54 Å². The fourth-order valence-corrected chi connectivity index (χ4v) is 3.00. The summed E-state index contributed by atoms with van der Waals surface area (Å²) in [6.45, 7) is 2.96. The second-order valence-corrected chi connectivity index (χ2v) is 4.93. The lowest BCUT2D eigenvalue weighted by molar-refractivity contribution is -0.137. The number of rotatable bonds is 2. The molecule has 0 radical (unpaired) electrons. The Morgan fingerprint density at radius 1 is 1.79 bits per heavy atom. The molecule has 0 amide bonds. The predicted octanol–water partition coefficient (Wildman–Crippen LogP) is 1.72. The summed E-state index contributed by atoms with van der Waals surface area (Å²) in [6.07, 6.45) is 1.22. The van der Waals surface area contributed by atoms with Crippen molar-refractivity contribution in [3.63, 3.8) is 0 Å². The highest BCUT2D eigenvalue weighted by Gasteiger charge is 2.23. The molecule has 1 unspecified atom stereocenters. The minimum atomic E-state index is -0.737. The van der Waals surface area contributed by atoms with Crippen LogP contribution in [0, 0.1) is 6.92 Å². The molecule has 3 nitrogen and oxygen atoms in total. The van der Waals surface area contributed by atoms with Crippen molar-refractivity contribution in [3.8, 4) is 0 Å². The number of carbonyl (C=O) groups is 1. The number of carboxylic acid groups (broad SMARTS) is 1. The van der Waals surface area contributed by atoms with Crippen molar-refractivity contribution < 1.29 is 9.90 Å². The van der Waals surface area contributed by atoms with Crippen LogP contribution in [0.2, 0.25) is 0 Å². The second kappa shape index (κ2) is 3.71. The van der Waals surface area contributed by atoms with Crippen LogP contribution in [0.5, 0.6) is 0 Å². The number of hydrogen-bond acceptors (Lipinski definition) is 3. The molecule has 1 aromatic rings. The van der Waals surface area contributed by atoms with Gasteiger partial charge in [0, 0.05) is 22.3 Å². The molecule has 2 heterocycles. The molecule has 14 heavy (non-hydrogen) atoms. The van der Waals surface area contributed by atoms with Crippen LogP contribution in [0.15, 0.2) is 6.07 Å². The molecular weight excluding hydrogens is 198 g/mol. The first-order chi connectivity index (χ1) is 6.66. The molecule has 1 atom stereocenters. The van der Waals surface area contributed by atoms with Crippen LogP contribution in [0.3, 0.4) is 0 Å². The Hall–Kier alpha value is -0.870. The molecule has 0 aromatic carbocycles. The second-order valence-electron chi connectivity index (χ2n) is 3.59. The quantitative estimate of drug-likeness (QED) is 0.783. The van der Waals surface area contributed by atoms with E-state index in [-0.39, 0.29) is 12.5 Å². The van der Waals surface area contributed by atoms with Crippen molar-refractivity contribution >= 4 is 17.3 Å². The Morgan fingerprint density at radius 3 is 3.29 bits per heavy atom. The summed E-state index contributed by atoms with van der Waals surface area (Å²) >= 11 is 1.79. The van der Waals surface area contributed by atoms with Gasteiger partial charge in [0.25, 0.3) is 0 Å². The van der Waals surface area contributed by atoms with Gasteiger partial charge in [0.05, 0.1) is 6.42 Å². The average molecular weight is 211 g/mol. The minimum Gasteiger partial charge on any atom is -0.481 e. The van der Waals surface area contributed by atoms with Crippen molar-refractivity contribution in [3.05, 3.63) is 21.4 Å². The molecule has 1 aromatic heterocycles. The number of fused-ring (bicyclic) bond motifs is 1. The van der Waals surface area contributed by atoms with Gasteiger partial charge in [-0.25, -0.2) is 0 Å². The smallest absolute Gasteiger partial charge is 0.305 e. The molecule has 0 spiro atoms. The summed E-state index contributed by atoms with van der Waals surface area (Å²) in [7, 11) is 0. The molecule has 0 fully saturated rings. The zero-order valence-electron chi connectivity index (χ0n) is 8.04. The van der Waals surface area contributed by atoms with Crippen LogP contribution in [-0.2, 0) is 11.2 Å². The molecular formula is C10H13NO2S. The zero-order valence-corrected chi connectivity index (χ0v) is 8.86. The maximum absolute atomic E-state index is 10.6. The topological polar surface area (TPSA) is 49.3 Å². The van der Waals surface area contributed by atoms with Crippen molar-refractivity contribution in [1.29, 1.82) is 0 Å². The van der Waals surface area contributed by atoms with E-state index in [0.29, 0.717) is 0 Å². The molecule has 0 bridgehead atoms. The van der Waals surface area contributed by atoms with Crippen molar-refractivity contribution in [2.45, 2.75) is 25.8 Å². The molecule has 2 N–H and O–H groups in total. The van der Waals surface area contributed by atoms with E-state index in [1.165, 1.54) is 15.3 Å². The molecule has 2 rings (SSSR count). The summed E-state index contributed by atoms with van der Waals surface area (Å²) in [6, 6.07) is 2.13. The van der Waals surface area contributed by atoms with Crippen LogP contribution in [-0.4, -0.2) is 17.6 Å². The van der Waals surface area contributed by atoms with Crippen LogP contribution in [0.25, 0.3) is 0 Å². The van der Waals surface area contributed by atoms with E-state index in [9.17, 15) is 4.79 Å². The number of nitrogens with one attached hydrogen (secondary N) is 1. The number of carboxylic acids is 1. The monoisotopic (exact) mass is 211 g/mol. The fourth-order valence-electron chi connectivity index (χ4n) is 1.90. The van der Waals surface area contributed by atoms with Gasteiger partial charge in [-0.1, -0.05) is 0 Å². The first-order valence-corrected chi connectivity index (χ1v) is 5.53. The van der Waals surface area contributed by atoms with Crippen LogP contribution < -0.4 is 5.32 Å². The lowest BCUT2D eigenvalue weighted by Crippen LogP contribution is -2.30. The largest absolute Gasteiger partial charge is 0.481 e. The number of aryl methyl sites for hydroxylation is 1. The highest BCUT2D eigenvalue weighted by atomic mass is 32.1. The van der Waals surface area contributed by atoms with Gasteiger partial charge in [-0.15, -0.1) is 11.3 Å². The van der Waals surface area contributed by atoms with Crippen molar-refractivity contribution in [2.24, 2.45) is 0 Å². The lowest BCUT2D eigenvalue weighted by atomic mass is 9.99. The molecule has 0 aliphatic carbocycles. The Kier molecular flexibility index (Phi) is 2.56. The lowest BCUT2D eigenvalue weighted by Gasteiger charge is -2.22. The SMILES string of the molecule is Cc1cc2c(s1)CCNC2CC(=O)O. The highest BCUT2D eigenvalue weighted by molar-refractivity contribution is 7.12. The fraction of sp³-hybridized carbons (Fsp3) is 0.500. The highest BCUT2D eigenvalue weighted by Crippen LogP contribution is 2.31. The van der Waals surface area contributed by atoms with E-state index in [4.69, 9.17) is 5.11 Å². The van der Waals surface area contributed by atoms with Gasteiger partial charge in [0.2, 0.25) is 0 Å². The Morgan fingerprint density at radius 2 is 2.57 bits per heavy atom. The normalized spacial score (nSPS) is 20.5. The molecule has 1 aliphatic heterocycles. The summed E-state index contributed by atoms with van der Waals surface area (Å²) in [5.74, 6) is -0.737. The Balaban J connectivity index is 2.25. The van der Waals surface area contributed by atoms with Gasteiger partial charge >= 0.3 is 5.97 Å². The maximum Gasteiger partial charge on any atom is 0.305 e. The maximum atomic E-state index is 10.6. The van der Waals surface area contributed by atoms with Crippen LogP contribution in [0.1, 0.15) is 27.8 Å². The third kappa shape index (κ3) is 1.81. The molecule has 76 valence electrons. The van der Waals surface area contributed by atoms with E-state index in [0.717, 1.165) is 13.0 Å². The van der Waals surface area contributed by atoms with E-state index < -0.39 is 5.97 Å². The zero-order chi connectivity index (χ0) is 10.1. The van der Waals surface area contributed by atoms with Crippen LogP contribution in [0.4, 0.5) is 0 Å². The number of hydrogen-bond donors (Lipinski definition) is 2. The van der Waals surface area contributed by atoms with E-state index in [1.807, 2.05) is 0 Å². The van der Waals surface area contributed by atoms with Gasteiger partial charge in [0.15, 0.2) is 0 Å². The molecule has 1 aliphatic rings. The molecule has 4 heteroatoms. The van der Waals surface area contributed by atoms with Gasteiger partial charge in [-0.2, -0.15) is 0 Å². The first-order valence-electron chi connectivity index (χ1n) is 4.71. The van der Waals surface area contributed by atoms with E-state index in [2.05, 4.69) is 18.3 Å². The van der Waals surface area contributed by atoms with Gasteiger partial charge in [-0.3, -0.25) is 4.79 Å². The number of thiophene rings is 1. The average Bonchev–Trinajstić information content (AvgIpc) is 2.45. The minimum absolute atomic E-state index is 0.0150. The van der Waals surface area contributed by atoms with Crippen LogP contribution >= 0.6 is 11.3 Å². The van der Waals surface area contributed by atoms with Gasteiger partial charge in [0.1, 0.15) is 0 Å². The predicted molar refractivity (Wildman–Crippen MR) is 55.8 cm³/mol. The Bertz CT molecular complexity index is 359. The summed E-state index contributed by atoms with van der Waals surface area (Å²) < 4.78 is 0. The third-order valence-electron chi connectivity index (χ3n) is 2.46. The van der Waals surface area contributed by atoms with Gasteiger partial charge in [-0.05, 0) is 25.0 Å².